The lowest BCUT2D eigenvalue weighted by atomic mass is 10.1. The second kappa shape index (κ2) is 27.0. The summed E-state index contributed by atoms with van der Waals surface area (Å²) in [5, 5.41) is 6.68. The average molecular weight is 985 g/mol. The van der Waals surface area contributed by atoms with Crippen molar-refractivity contribution in [3.8, 4) is 17.2 Å². The van der Waals surface area contributed by atoms with E-state index in [-0.39, 0.29) is 5.91 Å². The monoisotopic (exact) mass is 985 g/mol. The lowest BCUT2D eigenvalue weighted by Crippen LogP contribution is -2.35. The minimum Gasteiger partial charge on any atom is -0.493 e. The van der Waals surface area contributed by atoms with E-state index in [1.54, 1.807) is 39.5 Å². The van der Waals surface area contributed by atoms with Crippen LogP contribution in [0.3, 0.4) is 0 Å². The molecule has 6 heterocycles. The Labute approximate surface area is 425 Å². The molecule has 0 aliphatic carbocycles. The molecule has 14 heteroatoms. The molecule has 3 atom stereocenters. The van der Waals surface area contributed by atoms with Gasteiger partial charge in [-0.3, -0.25) is 9.59 Å². The number of hydrogen-bond donors (Lipinski definition) is 2. The van der Waals surface area contributed by atoms with Crippen molar-refractivity contribution in [3.05, 3.63) is 126 Å². The number of ether oxygens (including phenoxy) is 3. The van der Waals surface area contributed by atoms with Crippen LogP contribution < -0.4 is 25.3 Å². The predicted octanol–water partition coefficient (Wildman–Crippen LogP) is 10.3. The van der Waals surface area contributed by atoms with Gasteiger partial charge in [-0.2, -0.15) is 0 Å². The molecule has 72 heavy (non-hydrogen) atoms. The highest BCUT2D eigenvalue weighted by molar-refractivity contribution is 5.95. The fourth-order valence-corrected chi connectivity index (χ4v) is 10.1. The Morgan fingerprint density at radius 3 is 1.61 bits per heavy atom. The lowest BCUT2D eigenvalue weighted by molar-refractivity contribution is 0.0716. The summed E-state index contributed by atoms with van der Waals surface area (Å²) in [6, 6.07) is 34.9. The van der Waals surface area contributed by atoms with Gasteiger partial charge < -0.3 is 58.1 Å². The maximum Gasteiger partial charge on any atom is 0.254 e. The number of nitrogens with zero attached hydrogens (tertiary/aromatic N) is 4. The van der Waals surface area contributed by atoms with Crippen LogP contribution in [0.5, 0.6) is 17.2 Å². The standard InChI is InChI=1S/C26H32N2O5.C16H22N2O.C9H6O2.C7H16N2/c1-27-12-7-9-20(27)11-13-28(17-21-14-18-8-5-6-10-22(18)33-21)26(29)19-15-23(30-2)25(32-4)24(16-19)31-3;1-18-10-4-6-14(18)8-9-17-12-15-11-13-5-2-3-7-16(13)19-15;10-6-8-5-7-3-1-2-4-9(7)11-8;1-9-6-2-3-7(9)4-5-8/h5-6,8,10,14-16,20H,7,9,11-13,17H2,1-4H3;2-3,5,7,11,14,17H,4,6,8-10,12H2,1H3;1-6H;7H,2-6,8H2,1H3. The summed E-state index contributed by atoms with van der Waals surface area (Å²) in [7, 11) is 11.2. The molecular formula is C58H76N6O8. The molecule has 14 nitrogen and oxygen atoms in total. The van der Waals surface area contributed by atoms with Crippen molar-refractivity contribution >= 4 is 45.1 Å². The Balaban J connectivity index is 0.000000162. The first kappa shape index (κ1) is 53.6. The third-order valence-corrected chi connectivity index (χ3v) is 14.3. The van der Waals surface area contributed by atoms with Crippen LogP contribution in [0, 0.1) is 0 Å². The molecule has 7 aromatic rings. The minimum absolute atomic E-state index is 0.102. The zero-order valence-electron chi connectivity index (χ0n) is 43.3. The quantitative estimate of drug-likeness (QED) is 0.0658. The topological polar surface area (TPSA) is 152 Å². The van der Waals surface area contributed by atoms with E-state index < -0.39 is 0 Å². The van der Waals surface area contributed by atoms with Crippen LogP contribution in [0.15, 0.2) is 116 Å². The van der Waals surface area contributed by atoms with Gasteiger partial charge in [-0.25, -0.2) is 0 Å². The second-order valence-electron chi connectivity index (χ2n) is 19.1. The number of amides is 1. The van der Waals surface area contributed by atoms with Crippen molar-refractivity contribution in [1.29, 1.82) is 0 Å². The molecule has 3 aliphatic rings. The molecule has 0 saturated carbocycles. The Hall–Kier alpha value is -6.16. The van der Waals surface area contributed by atoms with Gasteiger partial charge in [0.1, 0.15) is 28.3 Å². The number of nitrogens with one attached hydrogen (secondary N) is 1. The second-order valence-corrected chi connectivity index (χ2v) is 19.1. The van der Waals surface area contributed by atoms with Crippen LogP contribution in [0.25, 0.3) is 32.9 Å². The van der Waals surface area contributed by atoms with E-state index in [1.807, 2.05) is 77.7 Å². The summed E-state index contributed by atoms with van der Waals surface area (Å²) in [6.07, 6.45) is 11.8. The summed E-state index contributed by atoms with van der Waals surface area (Å²) in [4.78, 5) is 33.1. The summed E-state index contributed by atoms with van der Waals surface area (Å²) in [5.74, 6) is 3.45. The fourth-order valence-electron chi connectivity index (χ4n) is 10.1. The number of carbonyl (C=O) groups excluding carboxylic acids is 2. The molecule has 10 rings (SSSR count). The summed E-state index contributed by atoms with van der Waals surface area (Å²) in [5.41, 5.74) is 8.49. The molecule has 0 spiro atoms. The SMILES string of the molecule is CN1CCCC1CCN.CN1CCCC1CCNCc1cc2ccccc2o1.COc1cc(C(=O)N(CCC2CCCN2C)Cc2cc3ccccc3o2)cc(OC)c1OC.O=Cc1cc2ccccc2o1. The van der Waals surface area contributed by atoms with E-state index >= 15 is 0 Å². The van der Waals surface area contributed by atoms with Crippen molar-refractivity contribution in [2.24, 2.45) is 5.73 Å². The van der Waals surface area contributed by atoms with Crippen molar-refractivity contribution in [3.63, 3.8) is 0 Å². The van der Waals surface area contributed by atoms with E-state index in [2.05, 4.69) is 53.3 Å². The highest BCUT2D eigenvalue weighted by atomic mass is 16.5. The van der Waals surface area contributed by atoms with Gasteiger partial charge in [-0.05, 0) is 160 Å². The number of furan rings is 3. The number of para-hydroxylation sites is 3. The van der Waals surface area contributed by atoms with Crippen molar-refractivity contribution in [2.45, 2.75) is 89.0 Å². The predicted molar refractivity (Wildman–Crippen MR) is 286 cm³/mol. The van der Waals surface area contributed by atoms with Gasteiger partial charge >= 0.3 is 0 Å². The first-order valence-corrected chi connectivity index (χ1v) is 25.6. The van der Waals surface area contributed by atoms with Gasteiger partial charge in [-0.15, -0.1) is 0 Å². The number of hydrogen-bond acceptors (Lipinski definition) is 13. The van der Waals surface area contributed by atoms with E-state index in [0.717, 1.165) is 90.1 Å². The Kier molecular flexibility index (Phi) is 20.1. The van der Waals surface area contributed by atoms with E-state index in [4.69, 9.17) is 33.2 Å². The number of fused-ring (bicyclic) bond motifs is 3. The molecule has 3 saturated heterocycles. The fraction of sp³-hybridized carbons (Fsp3) is 0.448. The van der Waals surface area contributed by atoms with E-state index in [9.17, 15) is 9.59 Å². The van der Waals surface area contributed by atoms with Gasteiger partial charge in [0, 0.05) is 46.4 Å². The molecule has 3 unspecified atom stereocenters. The van der Waals surface area contributed by atoms with Crippen LogP contribution in [0.4, 0.5) is 0 Å². The number of carbonyl (C=O) groups is 2. The number of methoxy groups -OCH3 is 3. The first-order valence-electron chi connectivity index (χ1n) is 25.6. The van der Waals surface area contributed by atoms with Crippen LogP contribution in [0.2, 0.25) is 0 Å². The maximum atomic E-state index is 13.7. The van der Waals surface area contributed by atoms with Crippen LogP contribution in [-0.2, 0) is 13.1 Å². The Morgan fingerprint density at radius 1 is 0.653 bits per heavy atom. The Morgan fingerprint density at radius 2 is 1.14 bits per heavy atom. The third-order valence-electron chi connectivity index (χ3n) is 14.3. The van der Waals surface area contributed by atoms with Gasteiger partial charge in [-0.1, -0.05) is 54.6 Å². The molecule has 3 fully saturated rings. The van der Waals surface area contributed by atoms with E-state index in [1.165, 1.54) is 63.4 Å². The molecular weight excluding hydrogens is 909 g/mol. The van der Waals surface area contributed by atoms with Crippen molar-refractivity contribution in [1.82, 2.24) is 24.9 Å². The van der Waals surface area contributed by atoms with Gasteiger partial charge in [0.2, 0.25) is 5.75 Å². The summed E-state index contributed by atoms with van der Waals surface area (Å²) >= 11 is 0. The largest absolute Gasteiger partial charge is 0.493 e. The molecule has 0 bridgehead atoms. The highest BCUT2D eigenvalue weighted by Crippen LogP contribution is 2.39. The van der Waals surface area contributed by atoms with Gasteiger partial charge in [0.15, 0.2) is 23.5 Å². The first-order chi connectivity index (χ1) is 35.1. The zero-order valence-corrected chi connectivity index (χ0v) is 43.3. The average Bonchev–Trinajstić information content (AvgIpc) is 4.29. The number of rotatable bonds is 17. The molecule has 4 aromatic carbocycles. The number of likely N-dealkylation sites (tertiary alicyclic amines) is 3. The maximum absolute atomic E-state index is 13.7. The number of nitrogens with two attached hydrogens (primary N) is 1. The number of benzene rings is 4. The summed E-state index contributed by atoms with van der Waals surface area (Å²) < 4.78 is 33.3. The third kappa shape index (κ3) is 14.5. The Bertz CT molecular complexity index is 2640. The van der Waals surface area contributed by atoms with Crippen molar-refractivity contribution in [2.75, 3.05) is 81.7 Å². The summed E-state index contributed by atoms with van der Waals surface area (Å²) in [6.45, 7) is 7.38. The smallest absolute Gasteiger partial charge is 0.254 e. The minimum atomic E-state index is -0.102. The van der Waals surface area contributed by atoms with Crippen LogP contribution in [-0.4, -0.2) is 132 Å². The van der Waals surface area contributed by atoms with E-state index in [0.29, 0.717) is 54.0 Å². The molecule has 3 aliphatic heterocycles. The molecule has 3 N–H and O–H groups in total. The van der Waals surface area contributed by atoms with Crippen molar-refractivity contribution < 1.29 is 37.1 Å². The van der Waals surface area contributed by atoms with Crippen LogP contribution in [0.1, 0.15) is 90.2 Å². The highest BCUT2D eigenvalue weighted by Gasteiger charge is 2.27. The molecule has 3 aromatic heterocycles. The number of aldehydes is 1. The van der Waals surface area contributed by atoms with Gasteiger partial charge in [0.25, 0.3) is 5.91 Å². The normalized spacial score (nSPS) is 18.0. The molecule has 0 radical (unpaired) electrons. The molecule has 386 valence electrons. The zero-order chi connectivity index (χ0) is 50.8. The lowest BCUT2D eigenvalue weighted by Gasteiger charge is -2.26. The van der Waals surface area contributed by atoms with Gasteiger partial charge in [0.05, 0.1) is 34.4 Å². The van der Waals surface area contributed by atoms with Crippen LogP contribution >= 0.6 is 0 Å². The molecule has 1 amide bonds.